The SMILES string of the molecule is O=C(Cc1c(-c2ccccc2)cc2ccccn12)Nc1ccc(Nc2ncccn2)cc1. The summed E-state index contributed by atoms with van der Waals surface area (Å²) < 4.78 is 2.08. The molecule has 5 aromatic rings. The number of carbonyl (C=O) groups is 1. The fourth-order valence-corrected chi connectivity index (χ4v) is 3.72. The molecule has 156 valence electrons. The molecule has 0 bridgehead atoms. The third-order valence-electron chi connectivity index (χ3n) is 5.19. The Morgan fingerprint density at radius 1 is 0.812 bits per heavy atom. The molecule has 6 heteroatoms. The van der Waals surface area contributed by atoms with Crippen molar-refractivity contribution in [3.63, 3.8) is 0 Å². The van der Waals surface area contributed by atoms with Crippen LogP contribution in [0.4, 0.5) is 17.3 Å². The first-order valence-corrected chi connectivity index (χ1v) is 10.3. The molecular formula is C26H21N5O. The lowest BCUT2D eigenvalue weighted by molar-refractivity contribution is -0.115. The lowest BCUT2D eigenvalue weighted by Crippen LogP contribution is -2.16. The van der Waals surface area contributed by atoms with Crippen molar-refractivity contribution in [2.45, 2.75) is 6.42 Å². The Hall–Kier alpha value is -4.45. The van der Waals surface area contributed by atoms with Crippen molar-refractivity contribution >= 4 is 28.7 Å². The van der Waals surface area contributed by atoms with Crippen LogP contribution in [0.15, 0.2) is 104 Å². The van der Waals surface area contributed by atoms with Gasteiger partial charge in [-0.15, -0.1) is 0 Å². The van der Waals surface area contributed by atoms with Crippen LogP contribution in [0.1, 0.15) is 5.69 Å². The number of amides is 1. The van der Waals surface area contributed by atoms with E-state index in [-0.39, 0.29) is 12.3 Å². The molecule has 0 atom stereocenters. The smallest absolute Gasteiger partial charge is 0.230 e. The van der Waals surface area contributed by atoms with Crippen molar-refractivity contribution in [1.29, 1.82) is 0 Å². The predicted molar refractivity (Wildman–Crippen MR) is 127 cm³/mol. The molecule has 0 saturated heterocycles. The van der Waals surface area contributed by atoms with Crippen molar-refractivity contribution in [3.8, 4) is 11.1 Å². The molecule has 0 fully saturated rings. The average Bonchev–Trinajstić information content (AvgIpc) is 3.20. The van der Waals surface area contributed by atoms with Gasteiger partial charge in [0.1, 0.15) is 0 Å². The Labute approximate surface area is 185 Å². The first-order valence-electron chi connectivity index (χ1n) is 10.3. The third kappa shape index (κ3) is 4.20. The summed E-state index contributed by atoms with van der Waals surface area (Å²) in [5.41, 5.74) is 5.76. The lowest BCUT2D eigenvalue weighted by atomic mass is 10.0. The summed E-state index contributed by atoms with van der Waals surface area (Å²) in [7, 11) is 0. The van der Waals surface area contributed by atoms with Crippen LogP contribution >= 0.6 is 0 Å². The lowest BCUT2D eigenvalue weighted by Gasteiger charge is -2.10. The first-order chi connectivity index (χ1) is 15.8. The fourth-order valence-electron chi connectivity index (χ4n) is 3.72. The molecule has 1 amide bonds. The fraction of sp³-hybridized carbons (Fsp3) is 0.0385. The molecule has 2 N–H and O–H groups in total. The molecule has 0 unspecified atom stereocenters. The Bertz CT molecular complexity index is 1350. The van der Waals surface area contributed by atoms with E-state index in [4.69, 9.17) is 0 Å². The summed E-state index contributed by atoms with van der Waals surface area (Å²) in [4.78, 5) is 21.2. The third-order valence-corrected chi connectivity index (χ3v) is 5.19. The van der Waals surface area contributed by atoms with Gasteiger partial charge in [-0.3, -0.25) is 4.79 Å². The Kier molecular flexibility index (Phi) is 5.32. The molecule has 32 heavy (non-hydrogen) atoms. The number of nitrogens with one attached hydrogen (secondary N) is 2. The van der Waals surface area contributed by atoms with Crippen LogP contribution in [0.3, 0.4) is 0 Å². The number of fused-ring (bicyclic) bond motifs is 1. The number of nitrogens with zero attached hydrogens (tertiary/aromatic N) is 3. The highest BCUT2D eigenvalue weighted by molar-refractivity contribution is 5.94. The van der Waals surface area contributed by atoms with Crippen LogP contribution in [-0.4, -0.2) is 20.3 Å². The van der Waals surface area contributed by atoms with Gasteiger partial charge in [0.25, 0.3) is 0 Å². The molecule has 3 heterocycles. The van der Waals surface area contributed by atoms with Gasteiger partial charge >= 0.3 is 0 Å². The maximum Gasteiger partial charge on any atom is 0.230 e. The molecule has 3 aromatic heterocycles. The summed E-state index contributed by atoms with van der Waals surface area (Å²) in [6.45, 7) is 0. The minimum atomic E-state index is -0.0712. The first kappa shape index (κ1) is 19.5. The van der Waals surface area contributed by atoms with Gasteiger partial charge in [0.2, 0.25) is 11.9 Å². The quantitative estimate of drug-likeness (QED) is 0.391. The minimum Gasteiger partial charge on any atom is -0.326 e. The van der Waals surface area contributed by atoms with Crippen LogP contribution in [0.2, 0.25) is 0 Å². The van der Waals surface area contributed by atoms with Gasteiger partial charge in [0.05, 0.1) is 6.42 Å². The Morgan fingerprint density at radius 2 is 1.53 bits per heavy atom. The number of hydrogen-bond acceptors (Lipinski definition) is 4. The zero-order valence-electron chi connectivity index (χ0n) is 17.3. The van der Waals surface area contributed by atoms with Crippen LogP contribution < -0.4 is 10.6 Å². The van der Waals surface area contributed by atoms with E-state index in [2.05, 4.69) is 49.3 Å². The number of hydrogen-bond donors (Lipinski definition) is 2. The van der Waals surface area contributed by atoms with E-state index in [0.29, 0.717) is 5.95 Å². The molecule has 0 saturated carbocycles. The van der Waals surface area contributed by atoms with Crippen molar-refractivity contribution < 1.29 is 4.79 Å². The van der Waals surface area contributed by atoms with E-state index in [1.54, 1.807) is 18.5 Å². The molecule has 0 aliphatic rings. The van der Waals surface area contributed by atoms with Crippen LogP contribution in [0.25, 0.3) is 16.6 Å². The van der Waals surface area contributed by atoms with E-state index in [0.717, 1.165) is 33.7 Å². The average molecular weight is 419 g/mol. The van der Waals surface area contributed by atoms with Gasteiger partial charge in [-0.1, -0.05) is 36.4 Å². The van der Waals surface area contributed by atoms with Gasteiger partial charge in [-0.2, -0.15) is 0 Å². The number of pyridine rings is 1. The second kappa shape index (κ2) is 8.73. The molecule has 0 spiro atoms. The molecule has 6 nitrogen and oxygen atoms in total. The zero-order valence-corrected chi connectivity index (χ0v) is 17.3. The zero-order chi connectivity index (χ0) is 21.8. The second-order valence-electron chi connectivity index (χ2n) is 7.37. The maximum atomic E-state index is 12.9. The van der Waals surface area contributed by atoms with E-state index < -0.39 is 0 Å². The number of rotatable bonds is 6. The highest BCUT2D eigenvalue weighted by Gasteiger charge is 2.15. The summed E-state index contributed by atoms with van der Waals surface area (Å²) in [5.74, 6) is 0.455. The van der Waals surface area contributed by atoms with Crippen molar-refractivity contribution in [2.24, 2.45) is 0 Å². The molecule has 0 aliphatic carbocycles. The number of anilines is 3. The van der Waals surface area contributed by atoms with Crippen LogP contribution in [0.5, 0.6) is 0 Å². The summed E-state index contributed by atoms with van der Waals surface area (Å²) in [6, 6.07) is 27.6. The Morgan fingerprint density at radius 3 is 2.31 bits per heavy atom. The van der Waals surface area contributed by atoms with E-state index >= 15 is 0 Å². The number of carbonyl (C=O) groups excluding carboxylic acids is 1. The predicted octanol–water partition coefficient (Wildman–Crippen LogP) is 5.32. The normalized spacial score (nSPS) is 10.8. The highest BCUT2D eigenvalue weighted by atomic mass is 16.1. The Balaban J connectivity index is 1.34. The molecule has 5 rings (SSSR count). The minimum absolute atomic E-state index is 0.0712. The number of benzene rings is 2. The van der Waals surface area contributed by atoms with Gasteiger partial charge in [0, 0.05) is 46.7 Å². The van der Waals surface area contributed by atoms with Gasteiger partial charge in [-0.25, -0.2) is 9.97 Å². The van der Waals surface area contributed by atoms with E-state index in [1.165, 1.54) is 0 Å². The summed E-state index contributed by atoms with van der Waals surface area (Å²) in [5, 5.41) is 6.13. The van der Waals surface area contributed by atoms with Crippen molar-refractivity contribution in [2.75, 3.05) is 10.6 Å². The van der Waals surface area contributed by atoms with Crippen molar-refractivity contribution in [1.82, 2.24) is 14.4 Å². The number of aromatic nitrogens is 3. The molecule has 0 aliphatic heterocycles. The molecule has 0 radical (unpaired) electrons. The van der Waals surface area contributed by atoms with E-state index in [1.807, 2.05) is 60.8 Å². The molecular weight excluding hydrogens is 398 g/mol. The van der Waals surface area contributed by atoms with Gasteiger partial charge in [0.15, 0.2) is 0 Å². The monoisotopic (exact) mass is 419 g/mol. The second-order valence-corrected chi connectivity index (χ2v) is 7.37. The standard InChI is InChI=1S/C26H21N5O/c32-25(29-20-10-12-21(13-11-20)30-26-27-14-6-15-28-26)18-24-23(19-7-2-1-3-8-19)17-22-9-4-5-16-31(22)24/h1-17H,18H2,(H,29,32)(H,27,28,30). The van der Waals surface area contributed by atoms with E-state index in [9.17, 15) is 4.79 Å². The largest absolute Gasteiger partial charge is 0.326 e. The topological polar surface area (TPSA) is 71.3 Å². The van der Waals surface area contributed by atoms with Crippen LogP contribution in [0, 0.1) is 0 Å². The summed E-state index contributed by atoms with van der Waals surface area (Å²) in [6.07, 6.45) is 5.62. The summed E-state index contributed by atoms with van der Waals surface area (Å²) >= 11 is 0. The molecule has 2 aromatic carbocycles. The van der Waals surface area contributed by atoms with Gasteiger partial charge in [-0.05, 0) is 54.1 Å². The van der Waals surface area contributed by atoms with Crippen molar-refractivity contribution in [3.05, 3.63) is 109 Å². The van der Waals surface area contributed by atoms with Gasteiger partial charge < -0.3 is 15.0 Å². The van der Waals surface area contributed by atoms with Crippen LogP contribution in [-0.2, 0) is 11.2 Å². The highest BCUT2D eigenvalue weighted by Crippen LogP contribution is 2.28. The maximum absolute atomic E-state index is 12.9.